The fourth-order valence-corrected chi connectivity index (χ4v) is 7.97. The van der Waals surface area contributed by atoms with Crippen LogP contribution in [0, 0.1) is 22.7 Å². The van der Waals surface area contributed by atoms with Gasteiger partial charge in [-0.05, 0) is 39.8 Å². The van der Waals surface area contributed by atoms with Crippen molar-refractivity contribution in [3.8, 4) is 11.8 Å². The lowest BCUT2D eigenvalue weighted by Crippen LogP contribution is -2.33. The summed E-state index contributed by atoms with van der Waals surface area (Å²) < 4.78 is 0. The summed E-state index contributed by atoms with van der Waals surface area (Å²) in [7, 11) is -1.04. The van der Waals surface area contributed by atoms with Crippen LogP contribution >= 0.6 is 0 Å². The monoisotopic (exact) mass is 194 g/mol. The summed E-state index contributed by atoms with van der Waals surface area (Å²) in [6.45, 7) is 14.1. The molecule has 0 nitrogen and oxygen atoms in total. The second-order valence-corrected chi connectivity index (χ2v) is 11.6. The highest BCUT2D eigenvalue weighted by Crippen LogP contribution is 2.39. The molecule has 0 fully saturated rings. The Balaban J connectivity index is 3.00. The molecule has 0 radical (unpaired) electrons. The van der Waals surface area contributed by atoms with E-state index in [-0.39, 0.29) is 10.8 Å². The van der Waals surface area contributed by atoms with E-state index in [2.05, 4.69) is 52.6 Å². The molecule has 0 aromatic carbocycles. The van der Waals surface area contributed by atoms with Gasteiger partial charge in [0.05, 0.1) is 8.07 Å². The average molecular weight is 194 g/mol. The first kappa shape index (κ1) is 10.9. The maximum absolute atomic E-state index is 3.45. The quantitative estimate of drug-likeness (QED) is 0.407. The van der Waals surface area contributed by atoms with Crippen LogP contribution in [0.1, 0.15) is 27.7 Å². The third-order valence-electron chi connectivity index (χ3n) is 2.58. The Labute approximate surface area is 84.1 Å². The van der Waals surface area contributed by atoms with E-state index in [0.29, 0.717) is 0 Å². The van der Waals surface area contributed by atoms with Gasteiger partial charge in [0.2, 0.25) is 0 Å². The fraction of sp³-hybridized carbons (Fsp3) is 0.833. The molecule has 0 atom stereocenters. The predicted octanol–water partition coefficient (Wildman–Crippen LogP) is 3.76. The van der Waals surface area contributed by atoms with Gasteiger partial charge in [-0.3, -0.25) is 0 Å². The van der Waals surface area contributed by atoms with E-state index in [1.54, 1.807) is 0 Å². The molecule has 0 aromatic heterocycles. The largest absolute Gasteiger partial charge is 0.0968 e. The summed E-state index contributed by atoms with van der Waals surface area (Å²) in [4.78, 5) is 0. The van der Waals surface area contributed by atoms with Crippen LogP contribution in [-0.2, 0) is 0 Å². The van der Waals surface area contributed by atoms with E-state index in [9.17, 15) is 0 Å². The first-order valence-electron chi connectivity index (χ1n) is 5.16. The van der Waals surface area contributed by atoms with Crippen molar-refractivity contribution in [3.05, 3.63) is 0 Å². The molecule has 1 heterocycles. The van der Waals surface area contributed by atoms with Gasteiger partial charge >= 0.3 is 0 Å². The molecule has 0 aromatic rings. The van der Waals surface area contributed by atoms with Crippen molar-refractivity contribution in [1.82, 2.24) is 0 Å². The summed E-state index contributed by atoms with van der Waals surface area (Å²) in [6.07, 6.45) is 0. The molecule has 0 amide bonds. The SMILES string of the molecule is CC1(C)C#CC(C)(C)C[Si](C)(C)C1. The Bertz CT molecular complexity index is 237. The molecule has 0 bridgehead atoms. The molecule has 0 N–H and O–H groups in total. The van der Waals surface area contributed by atoms with Crippen molar-refractivity contribution in [1.29, 1.82) is 0 Å². The maximum atomic E-state index is 3.45. The third kappa shape index (κ3) is 3.19. The predicted molar refractivity (Wildman–Crippen MR) is 62.4 cm³/mol. The zero-order valence-electron chi connectivity index (χ0n) is 9.91. The molecule has 0 saturated carbocycles. The van der Waals surface area contributed by atoms with E-state index in [4.69, 9.17) is 0 Å². The van der Waals surface area contributed by atoms with Gasteiger partial charge in [0.1, 0.15) is 0 Å². The van der Waals surface area contributed by atoms with Gasteiger partial charge in [-0.1, -0.05) is 24.9 Å². The van der Waals surface area contributed by atoms with Gasteiger partial charge in [0, 0.05) is 10.8 Å². The highest BCUT2D eigenvalue weighted by atomic mass is 28.3. The molecule has 1 heteroatoms. The van der Waals surface area contributed by atoms with Crippen molar-refractivity contribution < 1.29 is 0 Å². The van der Waals surface area contributed by atoms with Crippen molar-refractivity contribution in [3.63, 3.8) is 0 Å². The fourth-order valence-electron chi connectivity index (χ4n) is 2.88. The van der Waals surface area contributed by atoms with Gasteiger partial charge in [0.15, 0.2) is 0 Å². The smallest absolute Gasteiger partial charge is 0.0503 e. The lowest BCUT2D eigenvalue weighted by atomic mass is 9.92. The van der Waals surface area contributed by atoms with Crippen LogP contribution in [0.2, 0.25) is 25.2 Å². The average Bonchev–Trinajstić information content (AvgIpc) is 1.83. The summed E-state index contributed by atoms with van der Waals surface area (Å²) in [5.74, 6) is 6.90. The molecule has 0 unspecified atom stereocenters. The van der Waals surface area contributed by atoms with Crippen molar-refractivity contribution in [2.24, 2.45) is 10.8 Å². The van der Waals surface area contributed by atoms with Gasteiger partial charge in [-0.15, -0.1) is 0 Å². The molecular weight excluding hydrogens is 172 g/mol. The minimum Gasteiger partial charge on any atom is -0.0968 e. The molecule has 1 rings (SSSR count). The Morgan fingerprint density at radius 3 is 1.46 bits per heavy atom. The molecule has 0 aliphatic carbocycles. The highest BCUT2D eigenvalue weighted by molar-refractivity contribution is 6.77. The van der Waals surface area contributed by atoms with E-state index in [1.165, 1.54) is 12.1 Å². The van der Waals surface area contributed by atoms with Crippen LogP contribution in [0.4, 0.5) is 0 Å². The van der Waals surface area contributed by atoms with E-state index >= 15 is 0 Å². The lowest BCUT2D eigenvalue weighted by Gasteiger charge is -2.31. The van der Waals surface area contributed by atoms with E-state index < -0.39 is 8.07 Å². The normalized spacial score (nSPS) is 28.5. The number of hydrogen-bond donors (Lipinski definition) is 0. The summed E-state index contributed by atoms with van der Waals surface area (Å²) in [5.41, 5.74) is 0.507. The summed E-state index contributed by atoms with van der Waals surface area (Å²) >= 11 is 0. The van der Waals surface area contributed by atoms with Crippen LogP contribution in [0.15, 0.2) is 0 Å². The molecule has 74 valence electrons. The zero-order chi connectivity index (χ0) is 10.3. The van der Waals surface area contributed by atoms with Crippen LogP contribution in [0.3, 0.4) is 0 Å². The number of hydrogen-bond acceptors (Lipinski definition) is 0. The van der Waals surface area contributed by atoms with Crippen LogP contribution < -0.4 is 0 Å². The lowest BCUT2D eigenvalue weighted by molar-refractivity contribution is 0.555. The molecule has 13 heavy (non-hydrogen) atoms. The molecule has 0 saturated heterocycles. The number of rotatable bonds is 0. The van der Waals surface area contributed by atoms with Gasteiger partial charge in [0.25, 0.3) is 0 Å². The second kappa shape index (κ2) is 2.88. The first-order valence-corrected chi connectivity index (χ1v) is 8.58. The Morgan fingerprint density at radius 2 is 1.15 bits per heavy atom. The van der Waals surface area contributed by atoms with E-state index in [0.717, 1.165) is 0 Å². The van der Waals surface area contributed by atoms with Crippen molar-refractivity contribution in [2.75, 3.05) is 0 Å². The summed E-state index contributed by atoms with van der Waals surface area (Å²) in [6, 6.07) is 2.69. The molecule has 0 spiro atoms. The second-order valence-electron chi connectivity index (χ2n) is 6.54. The first-order chi connectivity index (χ1) is 5.62. The maximum Gasteiger partial charge on any atom is 0.0503 e. The Kier molecular flexibility index (Phi) is 2.41. The molecular formula is C12H22Si. The third-order valence-corrected chi connectivity index (χ3v) is 6.26. The zero-order valence-corrected chi connectivity index (χ0v) is 10.9. The van der Waals surface area contributed by atoms with Gasteiger partial charge in [-0.25, -0.2) is 0 Å². The standard InChI is InChI=1S/C12H22Si/c1-11(2)7-8-12(3,4)10-13(5,6)9-11/h9-10H2,1-6H3. The Hall–Kier alpha value is -0.223. The van der Waals surface area contributed by atoms with Crippen molar-refractivity contribution in [2.45, 2.75) is 52.9 Å². The van der Waals surface area contributed by atoms with Gasteiger partial charge < -0.3 is 0 Å². The molecule has 1 aliphatic rings. The van der Waals surface area contributed by atoms with Crippen LogP contribution in [0.25, 0.3) is 0 Å². The highest BCUT2D eigenvalue weighted by Gasteiger charge is 2.36. The van der Waals surface area contributed by atoms with Gasteiger partial charge in [-0.2, -0.15) is 0 Å². The minimum absolute atomic E-state index is 0.253. The topological polar surface area (TPSA) is 0 Å². The molecule has 1 aliphatic heterocycles. The summed E-state index contributed by atoms with van der Waals surface area (Å²) in [5, 5.41) is 0. The van der Waals surface area contributed by atoms with E-state index in [1.807, 2.05) is 0 Å². The van der Waals surface area contributed by atoms with Crippen molar-refractivity contribution >= 4 is 8.07 Å². The minimum atomic E-state index is -1.04. The Morgan fingerprint density at radius 1 is 0.846 bits per heavy atom. The van der Waals surface area contributed by atoms with Crippen LogP contribution in [0.5, 0.6) is 0 Å². The van der Waals surface area contributed by atoms with Crippen LogP contribution in [-0.4, -0.2) is 8.07 Å².